The van der Waals surface area contributed by atoms with E-state index in [1.807, 2.05) is 69.4 Å². The van der Waals surface area contributed by atoms with Crippen LogP contribution in [0.25, 0.3) is 22.3 Å². The molecule has 50 heavy (non-hydrogen) atoms. The summed E-state index contributed by atoms with van der Waals surface area (Å²) in [5.41, 5.74) is 4.39. The van der Waals surface area contributed by atoms with E-state index in [0.29, 0.717) is 0 Å². The van der Waals surface area contributed by atoms with Crippen molar-refractivity contribution in [2.24, 2.45) is 5.41 Å². The Bertz CT molecular complexity index is 1810. The molecule has 0 aliphatic heterocycles. The fourth-order valence-corrected chi connectivity index (χ4v) is 8.09. The first kappa shape index (κ1) is 37.1. The van der Waals surface area contributed by atoms with Gasteiger partial charge in [0.15, 0.2) is 0 Å². The van der Waals surface area contributed by atoms with Crippen LogP contribution >= 0.6 is 0 Å². The maximum Gasteiger partial charge on any atom is 0.402 e. The number of hydrogen-bond acceptors (Lipinski definition) is 1. The number of hydrogen-bond donors (Lipinski definition) is 1. The highest BCUT2D eigenvalue weighted by Crippen LogP contribution is 2.61. The van der Waals surface area contributed by atoms with Gasteiger partial charge in [0.05, 0.1) is 0 Å². The lowest BCUT2D eigenvalue weighted by Crippen LogP contribution is -2.56. The van der Waals surface area contributed by atoms with Crippen molar-refractivity contribution in [3.63, 3.8) is 0 Å². The Balaban J connectivity index is 1.52. The number of nitrogens with one attached hydrogen (secondary N) is 1. The third-order valence-corrected chi connectivity index (χ3v) is 11.4. The van der Waals surface area contributed by atoms with Gasteiger partial charge in [-0.1, -0.05) is 174 Å². The molecule has 5 aromatic rings. The van der Waals surface area contributed by atoms with Crippen LogP contribution in [0.15, 0.2) is 127 Å². The minimum Gasteiger partial charge on any atom is -0.320 e. The third kappa shape index (κ3) is 7.05. The van der Waals surface area contributed by atoms with E-state index < -0.39 is 22.9 Å². The minimum absolute atomic E-state index is 0.103. The zero-order chi connectivity index (χ0) is 36.2. The molecule has 0 bridgehead atoms. The topological polar surface area (TPSA) is 12.0 Å². The molecule has 0 heterocycles. The summed E-state index contributed by atoms with van der Waals surface area (Å²) >= 11 is 0. The predicted molar refractivity (Wildman–Crippen MR) is 205 cm³/mol. The Hall–Kier alpha value is -4.15. The molecule has 3 unspecified atom stereocenters. The molecule has 0 saturated heterocycles. The molecule has 4 heteroatoms. The van der Waals surface area contributed by atoms with E-state index in [9.17, 15) is 0 Å². The van der Waals surface area contributed by atoms with Gasteiger partial charge >= 0.3 is 6.18 Å². The Labute approximate surface area is 298 Å². The standard InChI is InChI=1S/C46H52F3N/c1-8-30-44(6,31-32-50-7)40-26-22-38(23-27-40)37-20-18-35(19-21-37)34(3)43(4,5)45(46(47,48)49,41-12-10-9-11-13-41)42-28-24-39(25-29-42)36-16-14-33(2)15-17-36/h9-29,34,50H,8,30-32H2,1-7H3. The zero-order valence-corrected chi connectivity index (χ0v) is 30.7. The summed E-state index contributed by atoms with van der Waals surface area (Å²) in [6.07, 6.45) is -1.27. The Morgan fingerprint density at radius 2 is 1.02 bits per heavy atom. The molecule has 262 valence electrons. The highest BCUT2D eigenvalue weighted by molar-refractivity contribution is 5.66. The van der Waals surface area contributed by atoms with E-state index >= 15 is 13.2 Å². The molecule has 0 aromatic heterocycles. The average Bonchev–Trinajstić information content (AvgIpc) is 3.11. The Morgan fingerprint density at radius 1 is 0.580 bits per heavy atom. The van der Waals surface area contributed by atoms with Crippen LogP contribution in [0, 0.1) is 12.3 Å². The number of halogens is 3. The van der Waals surface area contributed by atoms with Gasteiger partial charge in [-0.25, -0.2) is 0 Å². The summed E-state index contributed by atoms with van der Waals surface area (Å²) in [5, 5.41) is 3.30. The first-order chi connectivity index (χ1) is 23.8. The van der Waals surface area contributed by atoms with E-state index in [2.05, 4.69) is 55.6 Å². The van der Waals surface area contributed by atoms with Gasteiger partial charge in [0, 0.05) is 0 Å². The second-order valence-corrected chi connectivity index (χ2v) is 14.9. The van der Waals surface area contributed by atoms with Gasteiger partial charge in [-0.2, -0.15) is 13.2 Å². The summed E-state index contributed by atoms with van der Waals surface area (Å²) in [5.74, 6) is -0.445. The number of alkyl halides is 3. The molecule has 0 spiro atoms. The largest absolute Gasteiger partial charge is 0.402 e. The molecule has 0 aliphatic rings. The minimum atomic E-state index is -4.58. The van der Waals surface area contributed by atoms with Crippen molar-refractivity contribution in [1.29, 1.82) is 0 Å². The molecule has 0 amide bonds. The maximum absolute atomic E-state index is 16.1. The van der Waals surface area contributed by atoms with Gasteiger partial charge in [0.2, 0.25) is 0 Å². The fourth-order valence-electron chi connectivity index (χ4n) is 8.09. The van der Waals surface area contributed by atoms with Crippen LogP contribution in [0.4, 0.5) is 13.2 Å². The van der Waals surface area contributed by atoms with Crippen LogP contribution in [0.5, 0.6) is 0 Å². The van der Waals surface area contributed by atoms with Gasteiger partial charge < -0.3 is 5.32 Å². The molecular weight excluding hydrogens is 624 g/mol. The summed E-state index contributed by atoms with van der Waals surface area (Å²) in [6, 6.07) is 40.5. The number of aryl methyl sites for hydroxylation is 1. The molecule has 5 aromatic carbocycles. The van der Waals surface area contributed by atoms with Gasteiger partial charge in [0.1, 0.15) is 5.41 Å². The van der Waals surface area contributed by atoms with E-state index in [1.54, 1.807) is 56.3 Å². The molecule has 0 saturated carbocycles. The first-order valence-electron chi connectivity index (χ1n) is 17.9. The van der Waals surface area contributed by atoms with E-state index in [0.717, 1.165) is 59.2 Å². The van der Waals surface area contributed by atoms with E-state index in [-0.39, 0.29) is 16.5 Å². The average molecular weight is 676 g/mol. The fraction of sp³-hybridized carbons (Fsp3) is 0.348. The van der Waals surface area contributed by atoms with Crippen molar-refractivity contribution in [2.75, 3.05) is 13.6 Å². The quantitative estimate of drug-likeness (QED) is 0.131. The summed E-state index contributed by atoms with van der Waals surface area (Å²) in [6.45, 7) is 13.1. The van der Waals surface area contributed by atoms with Crippen molar-refractivity contribution in [3.8, 4) is 22.3 Å². The van der Waals surface area contributed by atoms with E-state index in [4.69, 9.17) is 0 Å². The molecule has 3 atom stereocenters. The van der Waals surface area contributed by atoms with Crippen LogP contribution in [0.3, 0.4) is 0 Å². The van der Waals surface area contributed by atoms with Gasteiger partial charge in [-0.3, -0.25) is 0 Å². The second-order valence-electron chi connectivity index (χ2n) is 14.9. The van der Waals surface area contributed by atoms with Crippen LogP contribution in [-0.4, -0.2) is 19.8 Å². The van der Waals surface area contributed by atoms with Crippen molar-refractivity contribution < 1.29 is 13.2 Å². The first-order valence-corrected chi connectivity index (χ1v) is 17.9. The number of benzene rings is 5. The lowest BCUT2D eigenvalue weighted by Gasteiger charge is -2.52. The zero-order valence-electron chi connectivity index (χ0n) is 30.7. The second kappa shape index (κ2) is 15.0. The molecule has 0 fully saturated rings. The lowest BCUT2D eigenvalue weighted by atomic mass is 9.52. The van der Waals surface area contributed by atoms with Crippen LogP contribution in [-0.2, 0) is 10.8 Å². The lowest BCUT2D eigenvalue weighted by molar-refractivity contribution is -0.210. The van der Waals surface area contributed by atoms with Crippen LogP contribution < -0.4 is 5.32 Å². The summed E-state index contributed by atoms with van der Waals surface area (Å²) in [7, 11) is 2.00. The van der Waals surface area contributed by atoms with E-state index in [1.165, 1.54) is 5.56 Å². The number of rotatable bonds is 13. The molecule has 1 nitrogen and oxygen atoms in total. The monoisotopic (exact) mass is 675 g/mol. The van der Waals surface area contributed by atoms with Crippen molar-refractivity contribution >= 4 is 0 Å². The SMILES string of the molecule is CCCC(C)(CCNC)c1ccc(-c2ccc(C(C)C(C)(C)C(c3ccccc3)(c3ccc(-c4ccc(C)cc4)cc3)C(F)(F)F)cc2)cc1. The Morgan fingerprint density at radius 3 is 1.48 bits per heavy atom. The van der Waals surface area contributed by atoms with Crippen LogP contribution in [0.2, 0.25) is 0 Å². The van der Waals surface area contributed by atoms with Crippen molar-refractivity contribution in [1.82, 2.24) is 5.32 Å². The van der Waals surface area contributed by atoms with Gasteiger partial charge in [-0.05, 0) is 94.6 Å². The van der Waals surface area contributed by atoms with Gasteiger partial charge in [0.25, 0.3) is 0 Å². The molecule has 5 rings (SSSR count). The summed E-state index contributed by atoms with van der Waals surface area (Å²) in [4.78, 5) is 0. The predicted octanol–water partition coefficient (Wildman–Crippen LogP) is 12.7. The third-order valence-electron chi connectivity index (χ3n) is 11.4. The Kier molecular flexibility index (Phi) is 11.1. The smallest absolute Gasteiger partial charge is 0.320 e. The molecular formula is C46H52F3N. The summed E-state index contributed by atoms with van der Waals surface area (Å²) < 4.78 is 48.3. The highest BCUT2D eigenvalue weighted by atomic mass is 19.4. The highest BCUT2D eigenvalue weighted by Gasteiger charge is 2.66. The maximum atomic E-state index is 16.1. The molecule has 1 N–H and O–H groups in total. The normalized spacial score (nSPS) is 15.2. The van der Waals surface area contributed by atoms with Crippen molar-refractivity contribution in [2.45, 2.75) is 83.7 Å². The molecule has 0 radical (unpaired) electrons. The molecule has 0 aliphatic carbocycles. The van der Waals surface area contributed by atoms with Crippen LogP contribution in [0.1, 0.15) is 87.6 Å². The van der Waals surface area contributed by atoms with Crippen molar-refractivity contribution in [3.05, 3.63) is 155 Å². The van der Waals surface area contributed by atoms with Gasteiger partial charge in [-0.15, -0.1) is 0 Å².